The predicted molar refractivity (Wildman–Crippen MR) is 65.4 cm³/mol. The van der Waals surface area contributed by atoms with Gasteiger partial charge in [0.2, 0.25) is 5.91 Å². The maximum Gasteiger partial charge on any atom is 0.225 e. The molecule has 3 saturated heterocycles. The first-order chi connectivity index (χ1) is 8.34. The molecule has 5 fully saturated rings. The smallest absolute Gasteiger partial charge is 0.225 e. The molecule has 2 saturated carbocycles. The van der Waals surface area contributed by atoms with E-state index in [1.54, 1.807) is 0 Å². The van der Waals surface area contributed by atoms with E-state index >= 15 is 0 Å². The number of hydrogen-bond donors (Lipinski definition) is 1. The van der Waals surface area contributed by atoms with Gasteiger partial charge in [-0.2, -0.15) is 0 Å². The lowest BCUT2D eigenvalue weighted by Crippen LogP contribution is -2.60. The van der Waals surface area contributed by atoms with Crippen LogP contribution in [0.4, 0.5) is 0 Å². The summed E-state index contributed by atoms with van der Waals surface area (Å²) in [5.41, 5.74) is 0. The Morgan fingerprint density at radius 2 is 1.88 bits per heavy atom. The van der Waals surface area contributed by atoms with Gasteiger partial charge in [-0.05, 0) is 50.0 Å². The van der Waals surface area contributed by atoms with E-state index < -0.39 is 0 Å². The van der Waals surface area contributed by atoms with Gasteiger partial charge in [-0.3, -0.25) is 4.79 Å². The Morgan fingerprint density at radius 3 is 2.65 bits per heavy atom. The summed E-state index contributed by atoms with van der Waals surface area (Å²) < 4.78 is 0. The highest BCUT2D eigenvalue weighted by molar-refractivity contribution is 5.80. The summed E-state index contributed by atoms with van der Waals surface area (Å²) >= 11 is 0. The van der Waals surface area contributed by atoms with Crippen LogP contribution in [-0.2, 0) is 4.79 Å². The summed E-state index contributed by atoms with van der Waals surface area (Å²) in [7, 11) is 0. The summed E-state index contributed by atoms with van der Waals surface area (Å²) in [6, 6.07) is 0.577. The van der Waals surface area contributed by atoms with Crippen molar-refractivity contribution in [2.45, 2.75) is 38.1 Å². The topological polar surface area (TPSA) is 32.3 Å². The minimum absolute atomic E-state index is 0.391. The molecule has 5 rings (SSSR count). The van der Waals surface area contributed by atoms with Gasteiger partial charge in [0.05, 0.1) is 0 Å². The second-order valence-corrected chi connectivity index (χ2v) is 6.51. The standard InChI is InChI=1S/C14H22N2O/c17-14(9-2-1-3-9)16-8-10-4-5-13(16)12-7-15-6-11(10)12/h9-13,15H,1-8H2. The van der Waals surface area contributed by atoms with Crippen LogP contribution in [0.15, 0.2) is 0 Å². The van der Waals surface area contributed by atoms with E-state index in [0.29, 0.717) is 17.9 Å². The molecule has 4 unspecified atom stereocenters. The molecule has 17 heavy (non-hydrogen) atoms. The van der Waals surface area contributed by atoms with E-state index in [0.717, 1.165) is 43.7 Å². The van der Waals surface area contributed by atoms with E-state index in [1.165, 1.54) is 25.8 Å². The Balaban J connectivity index is 1.56. The molecule has 0 aromatic heterocycles. The molecule has 2 aliphatic carbocycles. The number of nitrogens with one attached hydrogen (secondary N) is 1. The number of hydrogen-bond acceptors (Lipinski definition) is 2. The largest absolute Gasteiger partial charge is 0.339 e. The van der Waals surface area contributed by atoms with Crippen LogP contribution in [0.1, 0.15) is 32.1 Å². The molecule has 0 aromatic carbocycles. The third kappa shape index (κ3) is 1.41. The van der Waals surface area contributed by atoms with Crippen LogP contribution in [0.5, 0.6) is 0 Å². The van der Waals surface area contributed by atoms with Gasteiger partial charge in [0, 0.05) is 25.0 Å². The number of rotatable bonds is 1. The third-order valence-electron chi connectivity index (χ3n) is 5.81. The lowest BCUT2D eigenvalue weighted by atomic mass is 9.66. The first-order valence-electron chi connectivity index (χ1n) is 7.36. The van der Waals surface area contributed by atoms with E-state index in [4.69, 9.17) is 0 Å². The molecule has 3 aliphatic heterocycles. The molecule has 3 nitrogen and oxygen atoms in total. The van der Waals surface area contributed by atoms with E-state index in [1.807, 2.05) is 0 Å². The summed E-state index contributed by atoms with van der Waals surface area (Å²) in [6.45, 7) is 3.43. The van der Waals surface area contributed by atoms with Crippen LogP contribution in [0.25, 0.3) is 0 Å². The van der Waals surface area contributed by atoms with Crippen LogP contribution in [-0.4, -0.2) is 36.5 Å². The summed E-state index contributed by atoms with van der Waals surface area (Å²) in [5.74, 6) is 3.33. The van der Waals surface area contributed by atoms with Gasteiger partial charge in [-0.1, -0.05) is 6.42 Å². The van der Waals surface area contributed by atoms with Crippen molar-refractivity contribution in [3.05, 3.63) is 0 Å². The number of piperidine rings is 2. The summed E-state index contributed by atoms with van der Waals surface area (Å²) in [6.07, 6.45) is 6.21. The first-order valence-corrected chi connectivity index (χ1v) is 7.36. The van der Waals surface area contributed by atoms with Crippen LogP contribution >= 0.6 is 0 Å². The van der Waals surface area contributed by atoms with Crippen LogP contribution in [0, 0.1) is 23.7 Å². The molecule has 4 atom stereocenters. The van der Waals surface area contributed by atoms with Crippen molar-refractivity contribution in [1.82, 2.24) is 10.2 Å². The normalized spacial score (nSPS) is 44.6. The number of carbonyl (C=O) groups is 1. The van der Waals surface area contributed by atoms with Crippen molar-refractivity contribution in [3.63, 3.8) is 0 Å². The zero-order chi connectivity index (χ0) is 11.4. The minimum atomic E-state index is 0.391. The molecule has 0 radical (unpaired) electrons. The molecule has 3 heteroatoms. The Bertz CT molecular complexity index is 339. The number of fused-ring (bicyclic) bond motifs is 2. The van der Waals surface area contributed by atoms with Crippen molar-refractivity contribution in [3.8, 4) is 0 Å². The molecular formula is C14H22N2O. The van der Waals surface area contributed by atoms with Crippen LogP contribution in [0.2, 0.25) is 0 Å². The van der Waals surface area contributed by atoms with Crippen molar-refractivity contribution >= 4 is 5.91 Å². The van der Waals surface area contributed by atoms with Crippen LogP contribution in [0.3, 0.4) is 0 Å². The lowest BCUT2D eigenvalue weighted by Gasteiger charge is -2.53. The molecule has 5 aliphatic rings. The summed E-state index contributed by atoms with van der Waals surface area (Å²) in [5, 5.41) is 3.54. The van der Waals surface area contributed by atoms with Crippen molar-refractivity contribution in [2.75, 3.05) is 19.6 Å². The monoisotopic (exact) mass is 234 g/mol. The molecule has 1 N–H and O–H groups in total. The maximum absolute atomic E-state index is 12.5. The van der Waals surface area contributed by atoms with Gasteiger partial charge < -0.3 is 10.2 Å². The molecule has 1 amide bonds. The quantitative estimate of drug-likeness (QED) is 0.740. The Labute approximate surface area is 103 Å². The number of carbonyl (C=O) groups excluding carboxylic acids is 1. The third-order valence-corrected chi connectivity index (χ3v) is 5.81. The SMILES string of the molecule is O=C(C1CCC1)N1CC2CCC1C1CNCC21. The summed E-state index contributed by atoms with van der Waals surface area (Å²) in [4.78, 5) is 14.7. The van der Waals surface area contributed by atoms with Crippen molar-refractivity contribution in [1.29, 1.82) is 0 Å². The highest BCUT2D eigenvalue weighted by atomic mass is 16.2. The van der Waals surface area contributed by atoms with Gasteiger partial charge in [0.25, 0.3) is 0 Å². The van der Waals surface area contributed by atoms with Crippen LogP contribution < -0.4 is 5.32 Å². The molecule has 0 spiro atoms. The molecule has 94 valence electrons. The second kappa shape index (κ2) is 3.71. The Kier molecular flexibility index (Phi) is 2.26. The van der Waals surface area contributed by atoms with Gasteiger partial charge in [0.15, 0.2) is 0 Å². The predicted octanol–water partition coefficient (Wildman–Crippen LogP) is 1.24. The molecule has 3 heterocycles. The zero-order valence-corrected chi connectivity index (χ0v) is 10.4. The lowest BCUT2D eigenvalue weighted by molar-refractivity contribution is -0.150. The van der Waals surface area contributed by atoms with E-state index in [9.17, 15) is 4.79 Å². The van der Waals surface area contributed by atoms with Crippen molar-refractivity contribution in [2.24, 2.45) is 23.7 Å². The Hall–Kier alpha value is -0.570. The average Bonchev–Trinajstić information content (AvgIpc) is 2.77. The van der Waals surface area contributed by atoms with Gasteiger partial charge in [-0.15, -0.1) is 0 Å². The fraction of sp³-hybridized carbons (Fsp3) is 0.929. The van der Waals surface area contributed by atoms with Gasteiger partial charge in [-0.25, -0.2) is 0 Å². The highest BCUT2D eigenvalue weighted by Gasteiger charge is 2.51. The molecular weight excluding hydrogens is 212 g/mol. The minimum Gasteiger partial charge on any atom is -0.339 e. The average molecular weight is 234 g/mol. The zero-order valence-electron chi connectivity index (χ0n) is 10.4. The van der Waals surface area contributed by atoms with Crippen molar-refractivity contribution < 1.29 is 4.79 Å². The molecule has 2 bridgehead atoms. The Morgan fingerprint density at radius 1 is 1.06 bits per heavy atom. The fourth-order valence-corrected chi connectivity index (χ4v) is 4.61. The fourth-order valence-electron chi connectivity index (χ4n) is 4.61. The molecule has 0 aromatic rings. The number of amides is 1. The highest BCUT2D eigenvalue weighted by Crippen LogP contribution is 2.46. The van der Waals surface area contributed by atoms with Gasteiger partial charge in [0.1, 0.15) is 0 Å². The first kappa shape index (κ1) is 10.4. The van der Waals surface area contributed by atoms with Gasteiger partial charge >= 0.3 is 0 Å². The van der Waals surface area contributed by atoms with E-state index in [-0.39, 0.29) is 0 Å². The maximum atomic E-state index is 12.5. The second-order valence-electron chi connectivity index (χ2n) is 6.51. The van der Waals surface area contributed by atoms with E-state index in [2.05, 4.69) is 10.2 Å². The number of nitrogens with zero attached hydrogens (tertiary/aromatic N) is 1.